The number of ether oxygens (including phenoxy) is 4. The molecule has 0 aliphatic carbocycles. The number of fused-ring (bicyclic) bond motifs is 1. The molecule has 0 bridgehead atoms. The number of carbonyl (C=O) groups is 1. The van der Waals surface area contributed by atoms with Gasteiger partial charge >= 0.3 is 5.97 Å². The first kappa shape index (κ1) is 19.9. The number of carbonyl (C=O) groups excluding carboxylic acids is 1. The first-order valence-corrected chi connectivity index (χ1v) is 9.46. The van der Waals surface area contributed by atoms with E-state index >= 15 is 0 Å². The van der Waals surface area contributed by atoms with E-state index in [9.17, 15) is 4.79 Å². The summed E-state index contributed by atoms with van der Waals surface area (Å²) in [6, 6.07) is 9.57. The fourth-order valence-corrected chi connectivity index (χ4v) is 3.64. The number of rotatable bonds is 7. The minimum Gasteiger partial charge on any atom is -0.496 e. The van der Waals surface area contributed by atoms with Crippen LogP contribution in [-0.2, 0) is 16.0 Å². The lowest BCUT2D eigenvalue weighted by Crippen LogP contribution is -2.20. The molecule has 3 rings (SSSR count). The Kier molecular flexibility index (Phi) is 6.29. The second-order valence-electron chi connectivity index (χ2n) is 6.58. The van der Waals surface area contributed by atoms with Crippen molar-refractivity contribution < 1.29 is 23.7 Å². The predicted molar refractivity (Wildman–Crippen MR) is 108 cm³/mol. The van der Waals surface area contributed by atoms with E-state index in [1.807, 2.05) is 12.1 Å². The number of nitrogens with one attached hydrogen (secondary N) is 1. The van der Waals surface area contributed by atoms with Crippen molar-refractivity contribution in [1.29, 1.82) is 0 Å². The molecule has 0 saturated heterocycles. The van der Waals surface area contributed by atoms with Gasteiger partial charge in [0.2, 0.25) is 0 Å². The summed E-state index contributed by atoms with van der Waals surface area (Å²) in [6.45, 7) is 3.06. The predicted octanol–water partition coefficient (Wildman–Crippen LogP) is 3.77. The summed E-state index contributed by atoms with van der Waals surface area (Å²) in [5.41, 5.74) is 3.80. The third kappa shape index (κ3) is 3.86. The molecule has 1 heterocycles. The molecule has 1 aliphatic rings. The topological polar surface area (TPSA) is 66.0 Å². The summed E-state index contributed by atoms with van der Waals surface area (Å²) < 4.78 is 21.9. The van der Waals surface area contributed by atoms with Gasteiger partial charge in [0.1, 0.15) is 23.2 Å². The Morgan fingerprint density at radius 1 is 1.07 bits per heavy atom. The van der Waals surface area contributed by atoms with Gasteiger partial charge in [-0.25, -0.2) is 0 Å². The van der Waals surface area contributed by atoms with Gasteiger partial charge in [-0.15, -0.1) is 0 Å². The van der Waals surface area contributed by atoms with Crippen LogP contribution in [0.1, 0.15) is 36.0 Å². The smallest absolute Gasteiger partial charge is 0.318 e. The van der Waals surface area contributed by atoms with Gasteiger partial charge in [0, 0.05) is 24.4 Å². The molecule has 0 amide bonds. The molecule has 6 heteroatoms. The summed E-state index contributed by atoms with van der Waals surface area (Å²) in [5, 5.41) is 3.40. The first-order chi connectivity index (χ1) is 13.6. The van der Waals surface area contributed by atoms with Gasteiger partial charge < -0.3 is 24.3 Å². The van der Waals surface area contributed by atoms with Crippen molar-refractivity contribution in [2.45, 2.75) is 25.7 Å². The summed E-state index contributed by atoms with van der Waals surface area (Å²) in [7, 11) is 4.71. The van der Waals surface area contributed by atoms with Gasteiger partial charge in [-0.2, -0.15) is 0 Å². The van der Waals surface area contributed by atoms with Crippen LogP contribution in [0.5, 0.6) is 17.2 Å². The van der Waals surface area contributed by atoms with Crippen LogP contribution >= 0.6 is 0 Å². The van der Waals surface area contributed by atoms with E-state index in [4.69, 9.17) is 18.9 Å². The average molecular weight is 385 g/mol. The number of anilines is 1. The maximum absolute atomic E-state index is 13.0. The molecular formula is C22H27NO5. The lowest BCUT2D eigenvalue weighted by atomic mass is 9.87. The van der Waals surface area contributed by atoms with Crippen LogP contribution in [0.2, 0.25) is 0 Å². The third-order valence-corrected chi connectivity index (χ3v) is 4.97. The monoisotopic (exact) mass is 385 g/mol. The number of methoxy groups -OCH3 is 3. The Balaban J connectivity index is 2.18. The van der Waals surface area contributed by atoms with Gasteiger partial charge in [0.25, 0.3) is 0 Å². The minimum absolute atomic E-state index is 0.294. The molecule has 0 fully saturated rings. The van der Waals surface area contributed by atoms with Crippen LogP contribution in [0.25, 0.3) is 0 Å². The van der Waals surface area contributed by atoms with Crippen molar-refractivity contribution in [2.24, 2.45) is 0 Å². The summed E-state index contributed by atoms with van der Waals surface area (Å²) in [5.74, 6) is 0.626. The summed E-state index contributed by atoms with van der Waals surface area (Å²) >= 11 is 0. The highest BCUT2D eigenvalue weighted by molar-refractivity contribution is 5.85. The van der Waals surface area contributed by atoms with Crippen LogP contribution in [0.15, 0.2) is 30.3 Å². The van der Waals surface area contributed by atoms with Crippen molar-refractivity contribution in [1.82, 2.24) is 0 Å². The lowest BCUT2D eigenvalue weighted by Gasteiger charge is -2.24. The largest absolute Gasteiger partial charge is 0.496 e. The molecular weight excluding hydrogens is 358 g/mol. The summed E-state index contributed by atoms with van der Waals surface area (Å²) in [6.07, 6.45) is 2.04. The highest BCUT2D eigenvalue weighted by atomic mass is 16.5. The second kappa shape index (κ2) is 8.87. The van der Waals surface area contributed by atoms with Crippen molar-refractivity contribution in [3.8, 4) is 17.2 Å². The average Bonchev–Trinajstić information content (AvgIpc) is 2.73. The van der Waals surface area contributed by atoms with Gasteiger partial charge in [-0.3, -0.25) is 4.79 Å². The Labute approximate surface area is 165 Å². The van der Waals surface area contributed by atoms with Crippen molar-refractivity contribution in [3.05, 3.63) is 47.0 Å². The number of hydrogen-bond acceptors (Lipinski definition) is 6. The van der Waals surface area contributed by atoms with E-state index in [-0.39, 0.29) is 5.97 Å². The molecule has 28 heavy (non-hydrogen) atoms. The maximum Gasteiger partial charge on any atom is 0.318 e. The minimum atomic E-state index is -0.664. The van der Waals surface area contributed by atoms with E-state index in [0.717, 1.165) is 30.6 Å². The molecule has 2 aromatic carbocycles. The van der Waals surface area contributed by atoms with Gasteiger partial charge in [-0.05, 0) is 37.0 Å². The van der Waals surface area contributed by atoms with Crippen molar-refractivity contribution in [2.75, 3.05) is 39.8 Å². The number of aryl methyl sites for hydroxylation is 1. The standard InChI is InChI=1S/C22H27NO5/c1-5-28-22(24)20(15-8-9-17-14(11-15)7-6-10-23-17)21-18(26-3)12-16(25-2)13-19(21)27-4/h8-9,11-13,20,23H,5-7,10H2,1-4H3. The normalized spacial score (nSPS) is 13.7. The second-order valence-corrected chi connectivity index (χ2v) is 6.58. The fourth-order valence-electron chi connectivity index (χ4n) is 3.64. The Bertz CT molecular complexity index is 824. The van der Waals surface area contributed by atoms with E-state index in [2.05, 4.69) is 11.4 Å². The molecule has 0 spiro atoms. The highest BCUT2D eigenvalue weighted by Gasteiger charge is 2.32. The van der Waals surface area contributed by atoms with E-state index in [1.54, 1.807) is 40.4 Å². The van der Waals surface area contributed by atoms with Crippen LogP contribution < -0.4 is 19.5 Å². The molecule has 0 aromatic heterocycles. The zero-order valence-corrected chi connectivity index (χ0v) is 16.8. The highest BCUT2D eigenvalue weighted by Crippen LogP contribution is 2.43. The molecule has 150 valence electrons. The lowest BCUT2D eigenvalue weighted by molar-refractivity contribution is -0.143. The number of esters is 1. The molecule has 1 N–H and O–H groups in total. The first-order valence-electron chi connectivity index (χ1n) is 9.46. The molecule has 0 saturated carbocycles. The number of benzene rings is 2. The quantitative estimate of drug-likeness (QED) is 0.732. The Morgan fingerprint density at radius 2 is 1.79 bits per heavy atom. The number of hydrogen-bond donors (Lipinski definition) is 1. The van der Waals surface area contributed by atoms with Crippen molar-refractivity contribution >= 4 is 11.7 Å². The molecule has 6 nitrogen and oxygen atoms in total. The van der Waals surface area contributed by atoms with Crippen LogP contribution in [-0.4, -0.2) is 40.5 Å². The molecule has 1 atom stereocenters. The fraction of sp³-hybridized carbons (Fsp3) is 0.409. The van der Waals surface area contributed by atoms with Gasteiger partial charge in [0.15, 0.2) is 0 Å². The van der Waals surface area contributed by atoms with Gasteiger partial charge in [-0.1, -0.05) is 12.1 Å². The Morgan fingerprint density at radius 3 is 2.39 bits per heavy atom. The molecule has 2 aromatic rings. The maximum atomic E-state index is 13.0. The zero-order chi connectivity index (χ0) is 20.1. The zero-order valence-electron chi connectivity index (χ0n) is 16.8. The molecule has 0 radical (unpaired) electrons. The van der Waals surface area contributed by atoms with Crippen LogP contribution in [0.3, 0.4) is 0 Å². The summed E-state index contributed by atoms with van der Waals surface area (Å²) in [4.78, 5) is 13.0. The Hall–Kier alpha value is -2.89. The molecule has 1 unspecified atom stereocenters. The van der Waals surface area contributed by atoms with E-state index in [1.165, 1.54) is 5.56 Å². The van der Waals surface area contributed by atoms with Crippen LogP contribution in [0.4, 0.5) is 5.69 Å². The SMILES string of the molecule is CCOC(=O)C(c1ccc2c(c1)CCCN2)c1c(OC)cc(OC)cc1OC. The van der Waals surface area contributed by atoms with Gasteiger partial charge in [0.05, 0.1) is 33.5 Å². The van der Waals surface area contributed by atoms with E-state index in [0.29, 0.717) is 29.4 Å². The van der Waals surface area contributed by atoms with Crippen molar-refractivity contribution in [3.63, 3.8) is 0 Å². The molecule has 1 aliphatic heterocycles. The third-order valence-electron chi connectivity index (χ3n) is 4.97. The van der Waals surface area contributed by atoms with E-state index < -0.39 is 5.92 Å². The van der Waals surface area contributed by atoms with Crippen LogP contribution in [0, 0.1) is 0 Å².